The minimum absolute atomic E-state index is 0.000963. The average molecular weight is 411 g/mol. The van der Waals surface area contributed by atoms with Gasteiger partial charge in [-0.1, -0.05) is 23.4 Å². The molecule has 1 fully saturated rings. The third-order valence-electron chi connectivity index (χ3n) is 4.88. The van der Waals surface area contributed by atoms with Crippen LogP contribution in [0.5, 0.6) is 0 Å². The lowest BCUT2D eigenvalue weighted by Gasteiger charge is -2.32. The van der Waals surface area contributed by atoms with E-state index in [0.717, 1.165) is 25.5 Å². The molecule has 0 aliphatic carbocycles. The first-order valence-electron chi connectivity index (χ1n) is 9.56. The van der Waals surface area contributed by atoms with Crippen molar-refractivity contribution in [3.05, 3.63) is 47.3 Å². The van der Waals surface area contributed by atoms with E-state index in [1.54, 1.807) is 16.9 Å². The van der Waals surface area contributed by atoms with Gasteiger partial charge in [0.1, 0.15) is 0 Å². The number of hydrogen-bond donors (Lipinski definition) is 2. The fourth-order valence-electron chi connectivity index (χ4n) is 3.43. The highest BCUT2D eigenvalue weighted by atomic mass is 19.4. The summed E-state index contributed by atoms with van der Waals surface area (Å²) in [6.45, 7) is 2.18. The van der Waals surface area contributed by atoms with Crippen LogP contribution in [-0.2, 0) is 12.7 Å². The molecule has 2 aromatic rings. The Kier molecular flexibility index (Phi) is 6.86. The van der Waals surface area contributed by atoms with E-state index in [2.05, 4.69) is 20.5 Å². The fourth-order valence-corrected chi connectivity index (χ4v) is 3.43. The van der Waals surface area contributed by atoms with Crippen LogP contribution < -0.4 is 5.32 Å². The Morgan fingerprint density at radius 1 is 1.34 bits per heavy atom. The number of piperidine rings is 1. The molecule has 2 N–H and O–H groups in total. The number of nitrogens with zero attached hydrogens (tertiary/aromatic N) is 4. The number of benzene rings is 1. The van der Waals surface area contributed by atoms with Crippen LogP contribution in [0.15, 0.2) is 30.5 Å². The van der Waals surface area contributed by atoms with Crippen molar-refractivity contribution < 1.29 is 23.1 Å². The van der Waals surface area contributed by atoms with Crippen LogP contribution >= 0.6 is 0 Å². The Hall–Kier alpha value is -2.46. The molecule has 0 saturated carbocycles. The summed E-state index contributed by atoms with van der Waals surface area (Å²) >= 11 is 0. The number of aliphatic hydroxyl groups is 1. The van der Waals surface area contributed by atoms with Crippen LogP contribution in [-0.4, -0.2) is 57.1 Å². The highest BCUT2D eigenvalue weighted by Crippen LogP contribution is 2.30. The first-order chi connectivity index (χ1) is 13.9. The molecule has 2 heterocycles. The second-order valence-electron chi connectivity index (χ2n) is 7.15. The van der Waals surface area contributed by atoms with Gasteiger partial charge >= 0.3 is 6.18 Å². The van der Waals surface area contributed by atoms with E-state index in [1.165, 1.54) is 12.1 Å². The quantitative estimate of drug-likeness (QED) is 0.683. The Bertz CT molecular complexity index is 824. The van der Waals surface area contributed by atoms with Gasteiger partial charge in [0.25, 0.3) is 5.91 Å². The van der Waals surface area contributed by atoms with Gasteiger partial charge in [-0.25, -0.2) is 4.68 Å². The Morgan fingerprint density at radius 2 is 2.17 bits per heavy atom. The molecule has 1 saturated heterocycles. The number of aromatic nitrogens is 3. The SMILES string of the molecule is O=C(NCCCO)c1cn([C@H]2CCCN(Cc3cccc(C(F)(F)F)c3)C2)nn1. The molecule has 0 bridgehead atoms. The summed E-state index contributed by atoms with van der Waals surface area (Å²) < 4.78 is 40.4. The monoisotopic (exact) mass is 411 g/mol. The van der Waals surface area contributed by atoms with Gasteiger partial charge < -0.3 is 10.4 Å². The van der Waals surface area contributed by atoms with Gasteiger partial charge in [0, 0.05) is 26.2 Å². The van der Waals surface area contributed by atoms with Crippen molar-refractivity contribution in [2.24, 2.45) is 0 Å². The summed E-state index contributed by atoms with van der Waals surface area (Å²) in [5.41, 5.74) is 0.178. The lowest BCUT2D eigenvalue weighted by molar-refractivity contribution is -0.137. The van der Waals surface area contributed by atoms with Gasteiger partial charge in [0.2, 0.25) is 0 Å². The summed E-state index contributed by atoms with van der Waals surface area (Å²) in [6.07, 6.45) is -0.565. The van der Waals surface area contributed by atoms with Crippen LogP contribution in [0.3, 0.4) is 0 Å². The number of rotatable bonds is 7. The summed E-state index contributed by atoms with van der Waals surface area (Å²) in [7, 11) is 0. The highest BCUT2D eigenvalue weighted by molar-refractivity contribution is 5.91. The Balaban J connectivity index is 1.61. The summed E-state index contributed by atoms with van der Waals surface area (Å²) in [4.78, 5) is 14.1. The van der Waals surface area contributed by atoms with E-state index in [1.807, 2.05) is 0 Å². The maximum atomic E-state index is 12.9. The Morgan fingerprint density at radius 3 is 2.93 bits per heavy atom. The lowest BCUT2D eigenvalue weighted by atomic mass is 10.0. The lowest BCUT2D eigenvalue weighted by Crippen LogP contribution is -2.36. The van der Waals surface area contributed by atoms with Crippen molar-refractivity contribution in [3.8, 4) is 0 Å². The molecule has 0 spiro atoms. The van der Waals surface area contributed by atoms with Gasteiger partial charge in [-0.15, -0.1) is 5.10 Å². The molecule has 158 valence electrons. The molecule has 7 nitrogen and oxygen atoms in total. The number of likely N-dealkylation sites (tertiary alicyclic amines) is 1. The van der Waals surface area contributed by atoms with E-state index in [0.29, 0.717) is 31.6 Å². The second kappa shape index (κ2) is 9.36. The first-order valence-corrected chi connectivity index (χ1v) is 9.56. The van der Waals surface area contributed by atoms with Crippen molar-refractivity contribution in [3.63, 3.8) is 0 Å². The number of halogens is 3. The van der Waals surface area contributed by atoms with Crippen LogP contribution in [0, 0.1) is 0 Å². The van der Waals surface area contributed by atoms with Crippen molar-refractivity contribution in [2.45, 2.75) is 38.0 Å². The van der Waals surface area contributed by atoms with Gasteiger partial charge in [0.05, 0.1) is 17.8 Å². The minimum Gasteiger partial charge on any atom is -0.396 e. The highest BCUT2D eigenvalue weighted by Gasteiger charge is 2.30. The van der Waals surface area contributed by atoms with E-state index < -0.39 is 11.7 Å². The number of aliphatic hydroxyl groups excluding tert-OH is 1. The van der Waals surface area contributed by atoms with Gasteiger partial charge in [-0.2, -0.15) is 13.2 Å². The normalized spacial score (nSPS) is 18.0. The fraction of sp³-hybridized carbons (Fsp3) is 0.526. The molecule has 10 heteroatoms. The number of nitrogens with one attached hydrogen (secondary N) is 1. The van der Waals surface area contributed by atoms with Gasteiger partial charge in [-0.05, 0) is 37.4 Å². The molecule has 3 rings (SSSR count). The largest absolute Gasteiger partial charge is 0.416 e. The van der Waals surface area contributed by atoms with Crippen molar-refractivity contribution in [1.29, 1.82) is 0 Å². The summed E-state index contributed by atoms with van der Waals surface area (Å²) in [5.74, 6) is -0.346. The molecule has 1 aliphatic rings. The first kappa shape index (κ1) is 21.3. The number of hydrogen-bond acceptors (Lipinski definition) is 5. The predicted molar refractivity (Wildman–Crippen MR) is 99.1 cm³/mol. The van der Waals surface area contributed by atoms with Crippen LogP contribution in [0.1, 0.15) is 46.9 Å². The van der Waals surface area contributed by atoms with Crippen LogP contribution in [0.4, 0.5) is 13.2 Å². The molecule has 29 heavy (non-hydrogen) atoms. The smallest absolute Gasteiger partial charge is 0.396 e. The summed E-state index contributed by atoms with van der Waals surface area (Å²) in [5, 5.41) is 19.4. The number of amides is 1. The molecule has 1 amide bonds. The zero-order valence-corrected chi connectivity index (χ0v) is 15.9. The number of carbonyl (C=O) groups is 1. The average Bonchev–Trinajstić information content (AvgIpc) is 3.18. The zero-order valence-electron chi connectivity index (χ0n) is 15.9. The standard InChI is InChI=1S/C19H24F3N5O2/c20-19(21,22)15-5-1-4-14(10-15)11-26-8-2-6-16(12-26)27-13-17(24-25-27)18(29)23-7-3-9-28/h1,4-5,10,13,16,28H,2-3,6-9,11-12H2,(H,23,29)/t16-/m0/s1. The molecule has 1 atom stereocenters. The molecule has 1 aliphatic heterocycles. The molecule has 1 aromatic carbocycles. The Labute approximate surface area is 166 Å². The third-order valence-corrected chi connectivity index (χ3v) is 4.88. The molecule has 0 unspecified atom stereocenters. The van der Waals surface area contributed by atoms with Gasteiger partial charge in [0.15, 0.2) is 5.69 Å². The predicted octanol–water partition coefficient (Wildman–Crippen LogP) is 2.25. The van der Waals surface area contributed by atoms with E-state index in [4.69, 9.17) is 5.11 Å². The van der Waals surface area contributed by atoms with Crippen molar-refractivity contribution in [2.75, 3.05) is 26.2 Å². The second-order valence-corrected chi connectivity index (χ2v) is 7.15. The van der Waals surface area contributed by atoms with Crippen LogP contribution in [0.2, 0.25) is 0 Å². The maximum absolute atomic E-state index is 12.9. The number of alkyl halides is 3. The molecular weight excluding hydrogens is 387 g/mol. The van der Waals surface area contributed by atoms with Crippen molar-refractivity contribution in [1.82, 2.24) is 25.2 Å². The molecule has 0 radical (unpaired) electrons. The van der Waals surface area contributed by atoms with Gasteiger partial charge in [-0.3, -0.25) is 9.69 Å². The minimum atomic E-state index is -4.35. The topological polar surface area (TPSA) is 83.3 Å². The van der Waals surface area contributed by atoms with E-state index in [-0.39, 0.29) is 24.2 Å². The van der Waals surface area contributed by atoms with E-state index in [9.17, 15) is 18.0 Å². The third kappa shape index (κ3) is 5.77. The number of carbonyl (C=O) groups excluding carboxylic acids is 1. The zero-order chi connectivity index (χ0) is 20.9. The van der Waals surface area contributed by atoms with E-state index >= 15 is 0 Å². The van der Waals surface area contributed by atoms with Crippen molar-refractivity contribution >= 4 is 5.91 Å². The molecular formula is C19H24F3N5O2. The molecule has 1 aromatic heterocycles. The summed E-state index contributed by atoms with van der Waals surface area (Å²) in [6, 6.07) is 5.39. The maximum Gasteiger partial charge on any atom is 0.416 e. The van der Waals surface area contributed by atoms with Crippen LogP contribution in [0.25, 0.3) is 0 Å².